The molecule has 0 saturated heterocycles. The Balaban J connectivity index is 5.25. The van der Waals surface area contributed by atoms with Gasteiger partial charge in [0, 0.05) is 25.7 Å². The molecule has 7 atom stereocenters. The van der Waals surface area contributed by atoms with Gasteiger partial charge < -0.3 is 33.8 Å². The van der Waals surface area contributed by atoms with E-state index in [4.69, 9.17) is 37.0 Å². The van der Waals surface area contributed by atoms with E-state index in [1.54, 1.807) is 0 Å². The van der Waals surface area contributed by atoms with Crippen LogP contribution >= 0.6 is 15.6 Å². The Bertz CT molecular complexity index is 1990. The number of rotatable bonds is 80. The average molecular weight is 1490 g/mol. The molecule has 0 amide bonds. The monoisotopic (exact) mass is 1490 g/mol. The van der Waals surface area contributed by atoms with E-state index in [1.807, 2.05) is 0 Å². The number of aliphatic hydroxyl groups is 1. The molecule has 102 heavy (non-hydrogen) atoms. The fraction of sp³-hybridized carbons (Fsp3) is 0.952. The molecule has 0 heterocycles. The van der Waals surface area contributed by atoms with Gasteiger partial charge in [0.15, 0.2) is 12.2 Å². The summed E-state index contributed by atoms with van der Waals surface area (Å²) in [7, 11) is -9.93. The summed E-state index contributed by atoms with van der Waals surface area (Å²) in [6, 6.07) is 0. The number of unbranched alkanes of at least 4 members (excludes halogenated alkanes) is 44. The summed E-state index contributed by atoms with van der Waals surface area (Å²) in [4.78, 5) is 73.1. The van der Waals surface area contributed by atoms with Crippen molar-refractivity contribution in [1.29, 1.82) is 0 Å². The zero-order chi connectivity index (χ0) is 75.3. The molecular weight excluding hydrogens is 1330 g/mol. The minimum Gasteiger partial charge on any atom is -0.462 e. The van der Waals surface area contributed by atoms with Crippen LogP contribution in [0.1, 0.15) is 428 Å². The highest BCUT2D eigenvalue weighted by molar-refractivity contribution is 7.47. The number of hydrogen-bond donors (Lipinski definition) is 3. The number of esters is 4. The van der Waals surface area contributed by atoms with Crippen molar-refractivity contribution in [1.82, 2.24) is 0 Å². The van der Waals surface area contributed by atoms with Gasteiger partial charge in [0.05, 0.1) is 26.4 Å². The zero-order valence-corrected chi connectivity index (χ0v) is 69.0. The number of hydrogen-bond acceptors (Lipinski definition) is 15. The van der Waals surface area contributed by atoms with E-state index in [0.29, 0.717) is 31.6 Å². The fourth-order valence-electron chi connectivity index (χ4n) is 12.7. The molecule has 606 valence electrons. The SMILES string of the molecule is CCC(C)CCCCCCCCCCCCCCCCC(=O)O[C@H](COC(=O)CCCCCCCCCCCCCCCC(C)C)COP(=O)(O)OCC(O)COP(=O)(O)OC[C@@H](COC(=O)CCCCCCCCCC(C)C)OC(=O)CCCCCCCCCCCCCCCCC(C)CC. The smallest absolute Gasteiger partial charge is 0.462 e. The molecule has 0 aliphatic heterocycles. The van der Waals surface area contributed by atoms with Crippen LogP contribution in [-0.4, -0.2) is 96.7 Å². The van der Waals surface area contributed by atoms with Gasteiger partial charge in [-0.15, -0.1) is 0 Å². The molecular formula is C83H162O17P2. The Morgan fingerprint density at radius 2 is 0.471 bits per heavy atom. The highest BCUT2D eigenvalue weighted by Crippen LogP contribution is 2.45. The molecule has 0 spiro atoms. The minimum atomic E-state index is -4.96. The maximum atomic E-state index is 13.1. The van der Waals surface area contributed by atoms with Crippen molar-refractivity contribution in [3.05, 3.63) is 0 Å². The first kappa shape index (κ1) is 100. The van der Waals surface area contributed by atoms with Crippen molar-refractivity contribution in [2.24, 2.45) is 23.7 Å². The highest BCUT2D eigenvalue weighted by atomic mass is 31.2. The Hall–Kier alpha value is -1.94. The van der Waals surface area contributed by atoms with Crippen molar-refractivity contribution >= 4 is 39.5 Å². The van der Waals surface area contributed by atoms with Crippen LogP contribution in [0.15, 0.2) is 0 Å². The summed E-state index contributed by atoms with van der Waals surface area (Å²) >= 11 is 0. The third-order valence-electron chi connectivity index (χ3n) is 20.0. The molecule has 0 fully saturated rings. The molecule has 0 aromatic rings. The second-order valence-corrected chi connectivity index (χ2v) is 34.2. The first-order chi connectivity index (χ1) is 49.2. The molecule has 0 aliphatic carbocycles. The summed E-state index contributed by atoms with van der Waals surface area (Å²) in [5.74, 6) is 1.08. The number of phosphoric acid groups is 2. The quantitative estimate of drug-likeness (QED) is 0.0222. The molecule has 0 aliphatic rings. The predicted octanol–water partition coefficient (Wildman–Crippen LogP) is 24.8. The van der Waals surface area contributed by atoms with Crippen LogP contribution in [0.2, 0.25) is 0 Å². The van der Waals surface area contributed by atoms with Gasteiger partial charge in [-0.1, -0.05) is 376 Å². The van der Waals surface area contributed by atoms with E-state index in [9.17, 15) is 43.2 Å². The Morgan fingerprint density at radius 1 is 0.275 bits per heavy atom. The van der Waals surface area contributed by atoms with Gasteiger partial charge in [-0.3, -0.25) is 37.3 Å². The highest BCUT2D eigenvalue weighted by Gasteiger charge is 2.30. The maximum Gasteiger partial charge on any atom is 0.472 e. The molecule has 5 unspecified atom stereocenters. The van der Waals surface area contributed by atoms with Crippen LogP contribution in [0, 0.1) is 23.7 Å². The van der Waals surface area contributed by atoms with Crippen molar-refractivity contribution in [3.63, 3.8) is 0 Å². The van der Waals surface area contributed by atoms with Crippen LogP contribution in [0.25, 0.3) is 0 Å². The van der Waals surface area contributed by atoms with Crippen molar-refractivity contribution in [3.8, 4) is 0 Å². The second kappa shape index (κ2) is 72.0. The van der Waals surface area contributed by atoms with Gasteiger partial charge in [-0.25, -0.2) is 9.13 Å². The summed E-state index contributed by atoms with van der Waals surface area (Å²) in [6.45, 7) is 14.3. The number of carbonyl (C=O) groups is 4. The Morgan fingerprint density at radius 3 is 0.696 bits per heavy atom. The number of carbonyl (C=O) groups excluding carboxylic acids is 4. The van der Waals surface area contributed by atoms with Gasteiger partial charge in [0.2, 0.25) is 0 Å². The summed E-state index contributed by atoms with van der Waals surface area (Å²) in [5, 5.41) is 10.7. The van der Waals surface area contributed by atoms with E-state index in [-0.39, 0.29) is 25.7 Å². The molecule has 0 radical (unpaired) electrons. The van der Waals surface area contributed by atoms with Crippen LogP contribution in [0.3, 0.4) is 0 Å². The first-order valence-electron chi connectivity index (χ1n) is 42.8. The topological polar surface area (TPSA) is 237 Å². The van der Waals surface area contributed by atoms with Crippen molar-refractivity contribution in [2.75, 3.05) is 39.6 Å². The van der Waals surface area contributed by atoms with Crippen molar-refractivity contribution < 1.29 is 80.2 Å². The summed E-state index contributed by atoms with van der Waals surface area (Å²) in [5.41, 5.74) is 0. The average Bonchev–Trinajstić information content (AvgIpc) is 0.925. The molecule has 3 N–H and O–H groups in total. The lowest BCUT2D eigenvalue weighted by Gasteiger charge is -2.21. The maximum absolute atomic E-state index is 13.1. The third-order valence-corrected chi connectivity index (χ3v) is 21.9. The van der Waals surface area contributed by atoms with E-state index in [0.717, 1.165) is 114 Å². The Kier molecular flexibility index (Phi) is 70.6. The molecule has 0 rings (SSSR count). The molecule has 0 saturated carbocycles. The second-order valence-electron chi connectivity index (χ2n) is 31.3. The molecule has 0 aromatic carbocycles. The lowest BCUT2D eigenvalue weighted by molar-refractivity contribution is -0.161. The normalized spacial score (nSPS) is 14.5. The van der Waals surface area contributed by atoms with E-state index in [1.165, 1.54) is 225 Å². The lowest BCUT2D eigenvalue weighted by Crippen LogP contribution is -2.30. The number of phosphoric ester groups is 2. The van der Waals surface area contributed by atoms with E-state index < -0.39 is 97.5 Å². The fourth-order valence-corrected chi connectivity index (χ4v) is 14.3. The van der Waals surface area contributed by atoms with Crippen LogP contribution < -0.4 is 0 Å². The number of ether oxygens (including phenoxy) is 4. The lowest BCUT2D eigenvalue weighted by atomic mass is 9.99. The largest absolute Gasteiger partial charge is 0.472 e. The van der Waals surface area contributed by atoms with Gasteiger partial charge in [0.25, 0.3) is 0 Å². The molecule has 17 nitrogen and oxygen atoms in total. The Labute approximate surface area is 626 Å². The van der Waals surface area contributed by atoms with E-state index >= 15 is 0 Å². The number of aliphatic hydroxyl groups excluding tert-OH is 1. The van der Waals surface area contributed by atoms with E-state index in [2.05, 4.69) is 55.4 Å². The summed E-state index contributed by atoms with van der Waals surface area (Å²) in [6.07, 6.45) is 59.6. The van der Waals surface area contributed by atoms with Gasteiger partial charge >= 0.3 is 39.5 Å². The third kappa shape index (κ3) is 73.6. The van der Waals surface area contributed by atoms with Gasteiger partial charge in [-0.05, 0) is 49.4 Å². The van der Waals surface area contributed by atoms with Crippen LogP contribution in [0.4, 0.5) is 0 Å². The zero-order valence-electron chi connectivity index (χ0n) is 67.2. The minimum absolute atomic E-state index is 0.107. The molecule has 0 aromatic heterocycles. The standard InChI is InChI=1S/C83H162O17P2/c1-9-75(7)61-53-45-37-29-23-17-11-13-19-26-32-40-49-57-65-82(87)99-78(69-93-80(85)63-55-47-39-31-25-21-15-16-22-28-35-43-51-59-73(3)4)71-97-101(89,90)95-67-77(84)68-96-102(91,92)98-72-79(70-94-81(86)64-56-48-42-34-36-44-52-60-74(5)6)100-83(88)66-58-50-41-33-27-20-14-12-18-24-30-38-46-54-62-76(8)10-2/h73-79,84H,9-72H2,1-8H3,(H,89,90)(H,91,92)/t75?,76?,77?,78-,79-/m1/s1. The molecule has 19 heteroatoms. The predicted molar refractivity (Wildman–Crippen MR) is 418 cm³/mol. The van der Waals surface area contributed by atoms with Crippen LogP contribution in [-0.2, 0) is 65.4 Å². The summed E-state index contributed by atoms with van der Waals surface area (Å²) < 4.78 is 68.8. The molecule has 0 bridgehead atoms. The first-order valence-corrected chi connectivity index (χ1v) is 45.8. The van der Waals surface area contributed by atoms with Crippen LogP contribution in [0.5, 0.6) is 0 Å². The van der Waals surface area contributed by atoms with Gasteiger partial charge in [0.1, 0.15) is 19.3 Å². The van der Waals surface area contributed by atoms with Gasteiger partial charge in [-0.2, -0.15) is 0 Å². The van der Waals surface area contributed by atoms with Crippen molar-refractivity contribution in [2.45, 2.75) is 446 Å².